The molecular formula is C6H13NO2. The summed E-state index contributed by atoms with van der Waals surface area (Å²) in [4.78, 5) is 0. The Balaban J connectivity index is 2.35. The third kappa shape index (κ3) is 1.41. The molecule has 3 atom stereocenters. The van der Waals surface area contributed by atoms with Gasteiger partial charge in [-0.05, 0) is 6.42 Å². The molecule has 0 spiro atoms. The van der Waals surface area contributed by atoms with Crippen molar-refractivity contribution in [2.24, 2.45) is 5.73 Å². The fourth-order valence-corrected chi connectivity index (χ4v) is 1.19. The zero-order valence-corrected chi connectivity index (χ0v) is 5.58. The van der Waals surface area contributed by atoms with Crippen LogP contribution in [0.15, 0.2) is 0 Å². The number of nitrogens with two attached hydrogens (primary N) is 1. The van der Waals surface area contributed by atoms with E-state index in [-0.39, 0.29) is 18.2 Å². The minimum Gasteiger partial charge on any atom is -0.391 e. The summed E-state index contributed by atoms with van der Waals surface area (Å²) in [5.41, 5.74) is 5.51. The number of methoxy groups -OCH3 is 1. The Kier molecular flexibility index (Phi) is 2.05. The van der Waals surface area contributed by atoms with Gasteiger partial charge in [0.05, 0.1) is 12.2 Å². The van der Waals surface area contributed by atoms with E-state index in [0.717, 1.165) is 6.42 Å². The molecule has 1 aliphatic rings. The van der Waals surface area contributed by atoms with Crippen LogP contribution < -0.4 is 5.73 Å². The summed E-state index contributed by atoms with van der Waals surface area (Å²) in [7, 11) is 1.65. The van der Waals surface area contributed by atoms with Crippen LogP contribution in [0.2, 0.25) is 0 Å². The number of aliphatic hydroxyl groups excluding tert-OH is 1. The van der Waals surface area contributed by atoms with Crippen LogP contribution in [0.25, 0.3) is 0 Å². The molecular weight excluding hydrogens is 118 g/mol. The van der Waals surface area contributed by atoms with Gasteiger partial charge in [0, 0.05) is 19.6 Å². The van der Waals surface area contributed by atoms with E-state index in [9.17, 15) is 0 Å². The molecule has 0 aromatic carbocycles. The van der Waals surface area contributed by atoms with Gasteiger partial charge in [-0.15, -0.1) is 0 Å². The summed E-state index contributed by atoms with van der Waals surface area (Å²) >= 11 is 0. The van der Waals surface area contributed by atoms with Crippen LogP contribution in [-0.4, -0.2) is 30.5 Å². The molecule has 1 rings (SSSR count). The van der Waals surface area contributed by atoms with Gasteiger partial charge in [0.15, 0.2) is 0 Å². The first kappa shape index (κ1) is 6.99. The van der Waals surface area contributed by atoms with Crippen molar-refractivity contribution in [3.05, 3.63) is 0 Å². The van der Waals surface area contributed by atoms with Crippen LogP contribution in [0.3, 0.4) is 0 Å². The molecule has 0 bridgehead atoms. The highest BCUT2D eigenvalue weighted by atomic mass is 16.5. The van der Waals surface area contributed by atoms with Crippen molar-refractivity contribution in [1.82, 2.24) is 0 Å². The lowest BCUT2D eigenvalue weighted by molar-refractivity contribution is 0.0895. The largest absolute Gasteiger partial charge is 0.391 e. The number of hydrogen-bond acceptors (Lipinski definition) is 3. The third-order valence-corrected chi connectivity index (χ3v) is 1.87. The standard InChI is InChI=1S/C6H13NO2/c1-9-4-2-5(7)6(8)3-4/h4-6,8H,2-3,7H2,1H3/t4-,5-,6-/m1/s1. The highest BCUT2D eigenvalue weighted by molar-refractivity contribution is 4.86. The van der Waals surface area contributed by atoms with Gasteiger partial charge in [0.1, 0.15) is 0 Å². The first-order valence-corrected chi connectivity index (χ1v) is 3.20. The molecule has 0 aromatic heterocycles. The predicted molar refractivity (Wildman–Crippen MR) is 34.0 cm³/mol. The molecule has 1 saturated carbocycles. The molecule has 0 aromatic rings. The normalized spacial score (nSPS) is 43.7. The van der Waals surface area contributed by atoms with Gasteiger partial charge >= 0.3 is 0 Å². The molecule has 0 unspecified atom stereocenters. The molecule has 9 heavy (non-hydrogen) atoms. The summed E-state index contributed by atoms with van der Waals surface area (Å²) in [5.74, 6) is 0. The smallest absolute Gasteiger partial charge is 0.0716 e. The lowest BCUT2D eigenvalue weighted by Crippen LogP contribution is -2.28. The van der Waals surface area contributed by atoms with Gasteiger partial charge in [0.2, 0.25) is 0 Å². The summed E-state index contributed by atoms with van der Waals surface area (Å²) in [6, 6.07) is -0.0741. The minimum atomic E-state index is -0.352. The van der Waals surface area contributed by atoms with Crippen LogP contribution in [0.4, 0.5) is 0 Å². The van der Waals surface area contributed by atoms with Crippen molar-refractivity contribution in [1.29, 1.82) is 0 Å². The summed E-state index contributed by atoms with van der Waals surface area (Å²) in [5, 5.41) is 9.09. The second-order valence-corrected chi connectivity index (χ2v) is 2.56. The maximum atomic E-state index is 9.09. The van der Waals surface area contributed by atoms with Gasteiger partial charge in [-0.2, -0.15) is 0 Å². The van der Waals surface area contributed by atoms with E-state index >= 15 is 0 Å². The molecule has 3 N–H and O–H groups in total. The van der Waals surface area contributed by atoms with E-state index < -0.39 is 0 Å². The van der Waals surface area contributed by atoms with Gasteiger partial charge in [-0.25, -0.2) is 0 Å². The summed E-state index contributed by atoms with van der Waals surface area (Å²) in [6.45, 7) is 0. The fourth-order valence-electron chi connectivity index (χ4n) is 1.19. The molecule has 1 fully saturated rings. The number of aliphatic hydroxyl groups is 1. The van der Waals surface area contributed by atoms with Crippen molar-refractivity contribution >= 4 is 0 Å². The number of hydrogen-bond donors (Lipinski definition) is 2. The average molecular weight is 131 g/mol. The Hall–Kier alpha value is -0.120. The molecule has 0 amide bonds. The maximum Gasteiger partial charge on any atom is 0.0716 e. The van der Waals surface area contributed by atoms with E-state index in [1.165, 1.54) is 0 Å². The van der Waals surface area contributed by atoms with E-state index in [0.29, 0.717) is 6.42 Å². The summed E-state index contributed by atoms with van der Waals surface area (Å²) < 4.78 is 5.01. The average Bonchev–Trinajstić information content (AvgIpc) is 2.13. The Morgan fingerprint density at radius 1 is 1.56 bits per heavy atom. The van der Waals surface area contributed by atoms with Crippen LogP contribution in [0, 0.1) is 0 Å². The molecule has 0 heterocycles. The van der Waals surface area contributed by atoms with Crippen molar-refractivity contribution in [2.45, 2.75) is 31.1 Å². The van der Waals surface area contributed by atoms with Crippen molar-refractivity contribution < 1.29 is 9.84 Å². The van der Waals surface area contributed by atoms with Crippen LogP contribution in [0.5, 0.6) is 0 Å². The maximum absolute atomic E-state index is 9.09. The van der Waals surface area contributed by atoms with E-state index in [1.54, 1.807) is 7.11 Å². The van der Waals surface area contributed by atoms with Crippen LogP contribution in [0.1, 0.15) is 12.8 Å². The second-order valence-electron chi connectivity index (χ2n) is 2.56. The highest BCUT2D eigenvalue weighted by Gasteiger charge is 2.29. The zero-order valence-electron chi connectivity index (χ0n) is 5.58. The third-order valence-electron chi connectivity index (χ3n) is 1.87. The zero-order chi connectivity index (χ0) is 6.85. The molecule has 0 radical (unpaired) electrons. The first-order chi connectivity index (χ1) is 4.24. The van der Waals surface area contributed by atoms with Crippen molar-refractivity contribution in [3.8, 4) is 0 Å². The van der Waals surface area contributed by atoms with E-state index in [4.69, 9.17) is 15.6 Å². The quantitative estimate of drug-likeness (QED) is 0.503. The van der Waals surface area contributed by atoms with Crippen LogP contribution in [-0.2, 0) is 4.74 Å². The Morgan fingerprint density at radius 3 is 2.44 bits per heavy atom. The molecule has 0 saturated heterocycles. The van der Waals surface area contributed by atoms with Crippen molar-refractivity contribution in [3.63, 3.8) is 0 Å². The van der Waals surface area contributed by atoms with Gasteiger partial charge < -0.3 is 15.6 Å². The predicted octanol–water partition coefficient (Wildman–Crippen LogP) is -0.517. The Labute approximate surface area is 54.8 Å². The minimum absolute atomic E-state index is 0.0741. The van der Waals surface area contributed by atoms with Crippen molar-refractivity contribution in [2.75, 3.05) is 7.11 Å². The molecule has 0 aliphatic heterocycles. The summed E-state index contributed by atoms with van der Waals surface area (Å²) in [6.07, 6.45) is 1.31. The number of ether oxygens (including phenoxy) is 1. The molecule has 54 valence electrons. The lowest BCUT2D eigenvalue weighted by atomic mass is 10.2. The Morgan fingerprint density at radius 2 is 2.22 bits per heavy atom. The van der Waals surface area contributed by atoms with Gasteiger partial charge in [0.25, 0.3) is 0 Å². The molecule has 1 aliphatic carbocycles. The van der Waals surface area contributed by atoms with E-state index in [1.807, 2.05) is 0 Å². The fraction of sp³-hybridized carbons (Fsp3) is 1.00. The topological polar surface area (TPSA) is 55.5 Å². The molecule has 3 nitrogen and oxygen atoms in total. The monoisotopic (exact) mass is 131 g/mol. The SMILES string of the molecule is CO[C@@H]1C[C@@H](N)[C@H](O)C1. The Bertz CT molecular complexity index is 87.1. The molecule has 3 heteroatoms. The van der Waals surface area contributed by atoms with Gasteiger partial charge in [-0.3, -0.25) is 0 Å². The van der Waals surface area contributed by atoms with Crippen LogP contribution >= 0.6 is 0 Å². The first-order valence-electron chi connectivity index (χ1n) is 3.20. The lowest BCUT2D eigenvalue weighted by Gasteiger charge is -2.04. The van der Waals surface area contributed by atoms with Gasteiger partial charge in [-0.1, -0.05) is 0 Å². The second kappa shape index (κ2) is 2.64. The highest BCUT2D eigenvalue weighted by Crippen LogP contribution is 2.19. The van der Waals surface area contributed by atoms with E-state index in [2.05, 4.69) is 0 Å². The number of rotatable bonds is 1.